The number of aryl methyl sites for hydroxylation is 1. The maximum atomic E-state index is 12.5. The van der Waals surface area contributed by atoms with Crippen molar-refractivity contribution in [3.05, 3.63) is 47.0 Å². The number of hydrogen-bond donors (Lipinski definition) is 2. The van der Waals surface area contributed by atoms with Crippen molar-refractivity contribution >= 4 is 11.8 Å². The van der Waals surface area contributed by atoms with Crippen LogP contribution in [0.2, 0.25) is 0 Å². The molecule has 120 valence electrons. The Bertz CT molecular complexity index is 725. The highest BCUT2D eigenvalue weighted by Crippen LogP contribution is 2.22. The predicted octanol–water partition coefficient (Wildman–Crippen LogP) is 0.426. The van der Waals surface area contributed by atoms with Gasteiger partial charge in [-0.1, -0.05) is 0 Å². The van der Waals surface area contributed by atoms with Crippen LogP contribution in [0.1, 0.15) is 38.2 Å². The Morgan fingerprint density at radius 3 is 2.83 bits per heavy atom. The van der Waals surface area contributed by atoms with E-state index in [9.17, 15) is 9.59 Å². The molecule has 0 aliphatic carbocycles. The van der Waals surface area contributed by atoms with Crippen LogP contribution in [0.25, 0.3) is 0 Å². The summed E-state index contributed by atoms with van der Waals surface area (Å²) in [6.45, 7) is 3.14. The molecule has 2 aromatic heterocycles. The molecule has 3 rings (SSSR count). The lowest BCUT2D eigenvalue weighted by Crippen LogP contribution is -2.42. The number of aromatic amines is 1. The lowest BCUT2D eigenvalue weighted by molar-refractivity contribution is -0.0247. The standard InChI is InChI=1S/C15H17N5O3/c1-9-11(7-18-19-9)15(22)20-4-5-23-13(8-20)12-3-2-10(6-17-12)14(16)21/h2-3,6-7,13H,4-5,8H2,1H3,(H2,16,21)(H,18,19)/t13-/m1/s1. The summed E-state index contributed by atoms with van der Waals surface area (Å²) in [5.74, 6) is -0.612. The first-order valence-corrected chi connectivity index (χ1v) is 7.23. The number of nitrogens with two attached hydrogens (primary N) is 1. The average Bonchev–Trinajstić information content (AvgIpc) is 3.00. The number of ether oxygens (including phenoxy) is 1. The van der Waals surface area contributed by atoms with Gasteiger partial charge in [0.1, 0.15) is 6.10 Å². The second kappa shape index (κ2) is 6.17. The van der Waals surface area contributed by atoms with Crippen molar-refractivity contribution in [1.29, 1.82) is 0 Å². The molecule has 8 heteroatoms. The van der Waals surface area contributed by atoms with E-state index < -0.39 is 5.91 Å². The molecule has 0 bridgehead atoms. The number of nitrogens with zero attached hydrogens (tertiary/aromatic N) is 3. The number of pyridine rings is 1. The van der Waals surface area contributed by atoms with Gasteiger partial charge in [0.25, 0.3) is 5.91 Å². The van der Waals surface area contributed by atoms with E-state index in [2.05, 4.69) is 15.2 Å². The first-order valence-electron chi connectivity index (χ1n) is 7.23. The first-order chi connectivity index (χ1) is 11.1. The SMILES string of the molecule is Cc1[nH]ncc1C(=O)N1CCO[C@@H](c2ccc(C(N)=O)cn2)C1. The molecule has 1 aliphatic rings. The van der Waals surface area contributed by atoms with E-state index in [0.717, 1.165) is 5.69 Å². The molecular formula is C15H17N5O3. The number of H-pyrrole nitrogens is 1. The molecule has 3 heterocycles. The molecule has 0 unspecified atom stereocenters. The van der Waals surface area contributed by atoms with Crippen LogP contribution in [0, 0.1) is 6.92 Å². The van der Waals surface area contributed by atoms with Crippen molar-refractivity contribution in [2.24, 2.45) is 5.73 Å². The smallest absolute Gasteiger partial charge is 0.257 e. The van der Waals surface area contributed by atoms with Crippen molar-refractivity contribution in [2.45, 2.75) is 13.0 Å². The molecule has 0 aromatic carbocycles. The second-order valence-corrected chi connectivity index (χ2v) is 5.36. The zero-order valence-corrected chi connectivity index (χ0v) is 12.7. The van der Waals surface area contributed by atoms with Crippen LogP contribution in [0.5, 0.6) is 0 Å². The molecule has 0 saturated carbocycles. The second-order valence-electron chi connectivity index (χ2n) is 5.36. The first kappa shape index (κ1) is 15.2. The molecule has 8 nitrogen and oxygen atoms in total. The van der Waals surface area contributed by atoms with E-state index >= 15 is 0 Å². The number of rotatable bonds is 3. The van der Waals surface area contributed by atoms with E-state index in [1.54, 1.807) is 17.0 Å². The number of aromatic nitrogens is 3. The van der Waals surface area contributed by atoms with Crippen molar-refractivity contribution in [1.82, 2.24) is 20.1 Å². The number of hydrogen-bond acceptors (Lipinski definition) is 5. The van der Waals surface area contributed by atoms with E-state index in [1.165, 1.54) is 12.4 Å². The summed E-state index contributed by atoms with van der Waals surface area (Å²) in [6, 6.07) is 3.30. The minimum absolute atomic E-state index is 0.0849. The predicted molar refractivity (Wildman–Crippen MR) is 80.7 cm³/mol. The number of carbonyl (C=O) groups excluding carboxylic acids is 2. The summed E-state index contributed by atoms with van der Waals surface area (Å²) in [5.41, 5.74) is 7.50. The van der Waals surface area contributed by atoms with Gasteiger partial charge < -0.3 is 15.4 Å². The molecule has 1 saturated heterocycles. The lowest BCUT2D eigenvalue weighted by atomic mass is 10.1. The Labute approximate surface area is 132 Å². The Balaban J connectivity index is 1.74. The Morgan fingerprint density at radius 1 is 1.39 bits per heavy atom. The van der Waals surface area contributed by atoms with Crippen LogP contribution < -0.4 is 5.73 Å². The lowest BCUT2D eigenvalue weighted by Gasteiger charge is -2.32. The van der Waals surface area contributed by atoms with Gasteiger partial charge in [-0.3, -0.25) is 19.7 Å². The molecule has 2 amide bonds. The molecule has 3 N–H and O–H groups in total. The number of amides is 2. The largest absolute Gasteiger partial charge is 0.368 e. The molecule has 23 heavy (non-hydrogen) atoms. The third kappa shape index (κ3) is 3.07. The van der Waals surface area contributed by atoms with Gasteiger partial charge in [0.2, 0.25) is 5.91 Å². The monoisotopic (exact) mass is 315 g/mol. The Hall–Kier alpha value is -2.74. The molecular weight excluding hydrogens is 298 g/mol. The summed E-state index contributed by atoms with van der Waals surface area (Å²) in [5, 5.41) is 6.64. The Kier molecular flexibility index (Phi) is 4.07. The Morgan fingerprint density at radius 2 is 2.22 bits per heavy atom. The fourth-order valence-corrected chi connectivity index (χ4v) is 2.49. The van der Waals surface area contributed by atoms with Crippen molar-refractivity contribution in [3.8, 4) is 0 Å². The van der Waals surface area contributed by atoms with Gasteiger partial charge in [0.15, 0.2) is 0 Å². The van der Waals surface area contributed by atoms with Gasteiger partial charge >= 0.3 is 0 Å². The molecule has 0 spiro atoms. The zero-order chi connectivity index (χ0) is 16.4. The topological polar surface area (TPSA) is 114 Å². The summed E-state index contributed by atoms with van der Waals surface area (Å²) < 4.78 is 5.70. The van der Waals surface area contributed by atoms with Gasteiger partial charge in [-0.2, -0.15) is 5.10 Å². The number of carbonyl (C=O) groups is 2. The van der Waals surface area contributed by atoms with Crippen molar-refractivity contribution in [3.63, 3.8) is 0 Å². The summed E-state index contributed by atoms with van der Waals surface area (Å²) in [7, 11) is 0. The number of primary amides is 1. The maximum Gasteiger partial charge on any atom is 0.257 e. The van der Waals surface area contributed by atoms with Crippen LogP contribution in [-0.2, 0) is 4.74 Å². The number of nitrogens with one attached hydrogen (secondary N) is 1. The highest BCUT2D eigenvalue weighted by Gasteiger charge is 2.28. The third-order valence-electron chi connectivity index (χ3n) is 3.81. The van der Waals surface area contributed by atoms with Crippen LogP contribution in [0.15, 0.2) is 24.5 Å². The van der Waals surface area contributed by atoms with Gasteiger partial charge in [-0.15, -0.1) is 0 Å². The van der Waals surface area contributed by atoms with Crippen molar-refractivity contribution < 1.29 is 14.3 Å². The van der Waals surface area contributed by atoms with E-state index in [1.807, 2.05) is 6.92 Å². The molecule has 1 atom stereocenters. The molecule has 1 fully saturated rings. The highest BCUT2D eigenvalue weighted by molar-refractivity contribution is 5.95. The van der Waals surface area contributed by atoms with Crippen LogP contribution in [-0.4, -0.2) is 51.6 Å². The summed E-state index contributed by atoms with van der Waals surface area (Å²) in [6.07, 6.45) is 2.62. The van der Waals surface area contributed by atoms with E-state index in [4.69, 9.17) is 10.5 Å². The maximum absolute atomic E-state index is 12.5. The van der Waals surface area contributed by atoms with Gasteiger partial charge in [0, 0.05) is 18.4 Å². The van der Waals surface area contributed by atoms with Crippen LogP contribution in [0.3, 0.4) is 0 Å². The zero-order valence-electron chi connectivity index (χ0n) is 12.7. The van der Waals surface area contributed by atoms with E-state index in [-0.39, 0.29) is 12.0 Å². The van der Waals surface area contributed by atoms with Crippen LogP contribution >= 0.6 is 0 Å². The normalized spacial score (nSPS) is 18.0. The van der Waals surface area contributed by atoms with Gasteiger partial charge in [-0.25, -0.2) is 0 Å². The van der Waals surface area contributed by atoms with Gasteiger partial charge in [0.05, 0.1) is 36.2 Å². The summed E-state index contributed by atoms with van der Waals surface area (Å²) in [4.78, 5) is 29.5. The highest BCUT2D eigenvalue weighted by atomic mass is 16.5. The summed E-state index contributed by atoms with van der Waals surface area (Å²) >= 11 is 0. The van der Waals surface area contributed by atoms with Gasteiger partial charge in [-0.05, 0) is 19.1 Å². The number of morpholine rings is 1. The molecule has 1 aliphatic heterocycles. The average molecular weight is 315 g/mol. The molecule has 0 radical (unpaired) electrons. The van der Waals surface area contributed by atoms with Crippen LogP contribution in [0.4, 0.5) is 0 Å². The van der Waals surface area contributed by atoms with E-state index in [0.29, 0.717) is 36.5 Å². The fourth-order valence-electron chi connectivity index (χ4n) is 2.49. The minimum atomic E-state index is -0.527. The fraction of sp³-hybridized carbons (Fsp3) is 0.333. The minimum Gasteiger partial charge on any atom is -0.368 e. The molecule has 2 aromatic rings. The van der Waals surface area contributed by atoms with Crippen molar-refractivity contribution in [2.75, 3.05) is 19.7 Å². The quantitative estimate of drug-likeness (QED) is 0.852. The third-order valence-corrected chi connectivity index (χ3v) is 3.81.